The highest BCUT2D eigenvalue weighted by molar-refractivity contribution is 5.69. The molecule has 0 amide bonds. The van der Waals surface area contributed by atoms with E-state index in [9.17, 15) is 9.59 Å². The summed E-state index contributed by atoms with van der Waals surface area (Å²) in [6, 6.07) is 4.25. The average Bonchev–Trinajstić information content (AvgIpc) is 3.25. The lowest BCUT2D eigenvalue weighted by Crippen LogP contribution is -2.57. The first-order chi connectivity index (χ1) is 28.9. The van der Waals surface area contributed by atoms with Crippen molar-refractivity contribution in [3.8, 4) is 0 Å². The van der Waals surface area contributed by atoms with Gasteiger partial charge in [-0.25, -0.2) is 0 Å². The van der Waals surface area contributed by atoms with E-state index in [0.717, 1.165) is 72.3 Å². The second-order valence-corrected chi connectivity index (χ2v) is 22.3. The van der Waals surface area contributed by atoms with E-state index < -0.39 is 0 Å². The Morgan fingerprint density at radius 2 is 0.800 bits per heavy atom. The number of aliphatic hydroxyl groups is 2. The molecule has 0 spiro atoms. The van der Waals surface area contributed by atoms with Gasteiger partial charge in [0.15, 0.2) is 0 Å². The summed E-state index contributed by atoms with van der Waals surface area (Å²) in [6.45, 7) is 15.3. The molecule has 6 rings (SSSR count). The van der Waals surface area contributed by atoms with Gasteiger partial charge in [0.2, 0.25) is 0 Å². The first kappa shape index (κ1) is 48.2. The van der Waals surface area contributed by atoms with Crippen LogP contribution < -0.4 is 0 Å². The second kappa shape index (κ2) is 23.6. The van der Waals surface area contributed by atoms with E-state index in [4.69, 9.17) is 19.7 Å². The fourth-order valence-electron chi connectivity index (χ4n) is 14.4. The summed E-state index contributed by atoms with van der Waals surface area (Å²) in [5.74, 6) is 7.48. The van der Waals surface area contributed by atoms with Gasteiger partial charge < -0.3 is 19.7 Å². The molecule has 0 aromatic carbocycles. The first-order valence-corrected chi connectivity index (χ1v) is 26.0. The van der Waals surface area contributed by atoms with Crippen molar-refractivity contribution >= 4 is 11.9 Å². The van der Waals surface area contributed by atoms with Gasteiger partial charge in [-0.1, -0.05) is 41.5 Å². The summed E-state index contributed by atoms with van der Waals surface area (Å²) >= 11 is 0. The summed E-state index contributed by atoms with van der Waals surface area (Å²) in [6.07, 6.45) is 29.5. The number of hydrogen-bond donors (Lipinski definition) is 2. The van der Waals surface area contributed by atoms with E-state index in [2.05, 4.69) is 51.3 Å². The summed E-state index contributed by atoms with van der Waals surface area (Å²) in [5.41, 5.74) is 0. The quantitative estimate of drug-likeness (QED) is 0.140. The zero-order valence-electron chi connectivity index (χ0n) is 39.5. The van der Waals surface area contributed by atoms with E-state index in [1.807, 2.05) is 0 Å². The minimum Gasteiger partial charge on any atom is -0.463 e. The largest absolute Gasteiger partial charge is 0.463 e. The van der Waals surface area contributed by atoms with Gasteiger partial charge in [0.1, 0.15) is 13.2 Å². The zero-order chi connectivity index (χ0) is 42.8. The molecule has 8 heteroatoms. The van der Waals surface area contributed by atoms with Crippen molar-refractivity contribution in [2.45, 2.75) is 232 Å². The van der Waals surface area contributed by atoms with Crippen LogP contribution in [-0.2, 0) is 19.1 Å². The van der Waals surface area contributed by atoms with Crippen molar-refractivity contribution in [1.29, 1.82) is 0 Å². The molecule has 0 bridgehead atoms. The molecule has 2 N–H and O–H groups in total. The van der Waals surface area contributed by atoms with E-state index >= 15 is 0 Å². The fourth-order valence-corrected chi connectivity index (χ4v) is 14.4. The minimum atomic E-state index is -0.148. The molecule has 6 saturated carbocycles. The van der Waals surface area contributed by atoms with Crippen LogP contribution in [0, 0.1) is 59.2 Å². The van der Waals surface area contributed by atoms with Crippen molar-refractivity contribution in [3.63, 3.8) is 0 Å². The molecule has 0 radical (unpaired) electrons. The van der Waals surface area contributed by atoms with E-state index in [-0.39, 0.29) is 38.4 Å². The predicted octanol–water partition coefficient (Wildman–Crippen LogP) is 10.6. The lowest BCUT2D eigenvalue weighted by molar-refractivity contribution is -0.145. The van der Waals surface area contributed by atoms with E-state index in [1.54, 1.807) is 0 Å². The maximum atomic E-state index is 12.2. The van der Waals surface area contributed by atoms with Crippen molar-refractivity contribution in [2.75, 3.05) is 26.4 Å². The highest BCUT2D eigenvalue weighted by Gasteiger charge is 2.46. The van der Waals surface area contributed by atoms with Crippen LogP contribution in [0.25, 0.3) is 0 Å². The van der Waals surface area contributed by atoms with Crippen LogP contribution in [0.15, 0.2) is 0 Å². The van der Waals surface area contributed by atoms with Crippen LogP contribution in [0.1, 0.15) is 196 Å². The van der Waals surface area contributed by atoms with E-state index in [0.29, 0.717) is 48.8 Å². The molecule has 8 nitrogen and oxygen atoms in total. The van der Waals surface area contributed by atoms with Gasteiger partial charge in [0.05, 0.1) is 13.2 Å². The van der Waals surface area contributed by atoms with Crippen molar-refractivity contribution in [1.82, 2.24) is 9.80 Å². The van der Waals surface area contributed by atoms with Crippen molar-refractivity contribution in [3.05, 3.63) is 0 Å². The number of esters is 2. The number of ether oxygens (including phenoxy) is 2. The molecule has 0 aromatic heterocycles. The SMILES string of the molecule is CC1CCC(N(C2CCC(CCC(=O)OCCO)CC2)C2CCC(C3CCC(N(C4CCC(CCC(=O)OCCO)CC4)C4CCC(C)C(C)C4)C(C)C3)CC2C)CC1C. The lowest BCUT2D eigenvalue weighted by Gasteiger charge is -2.54. The first-order valence-electron chi connectivity index (χ1n) is 26.0. The van der Waals surface area contributed by atoms with Crippen LogP contribution in [0.4, 0.5) is 0 Å². The summed E-state index contributed by atoms with van der Waals surface area (Å²) in [4.78, 5) is 30.7. The standard InChI is InChI=1S/C52H92N2O6/c1-35-7-17-47(33-37(35)3)53(45-19-9-41(10-20-45)13-25-51(57)59-29-27-55)49-23-15-43(31-39(49)5)44-16-24-50(40(6)32-44)54(48-18-8-36(2)38(4)34-48)46-21-11-42(12-22-46)14-26-52(58)60-30-28-56/h35-50,55-56H,7-34H2,1-6H3. The Labute approximate surface area is 367 Å². The van der Waals surface area contributed by atoms with Crippen molar-refractivity contribution in [2.24, 2.45) is 59.2 Å². The molecule has 0 heterocycles. The topological polar surface area (TPSA) is 99.5 Å². The zero-order valence-corrected chi connectivity index (χ0v) is 39.5. The summed E-state index contributed by atoms with van der Waals surface area (Å²) < 4.78 is 10.3. The molecule has 12 unspecified atom stereocenters. The normalized spacial score (nSPS) is 40.6. The number of carbonyl (C=O) groups excluding carboxylic acids is 2. The van der Waals surface area contributed by atoms with Gasteiger partial charge in [-0.2, -0.15) is 0 Å². The highest BCUT2D eigenvalue weighted by Crippen LogP contribution is 2.49. The molecule has 0 saturated heterocycles. The molecule has 6 aliphatic carbocycles. The smallest absolute Gasteiger partial charge is 0.305 e. The van der Waals surface area contributed by atoms with Gasteiger partial charge in [-0.15, -0.1) is 0 Å². The second-order valence-electron chi connectivity index (χ2n) is 22.3. The Morgan fingerprint density at radius 1 is 0.433 bits per heavy atom. The Bertz CT molecular complexity index is 1180. The number of carbonyl (C=O) groups is 2. The van der Waals surface area contributed by atoms with E-state index in [1.165, 1.54) is 128 Å². The third-order valence-corrected chi connectivity index (χ3v) is 18.4. The maximum absolute atomic E-state index is 12.2. The average molecular weight is 841 g/mol. The molecule has 6 fully saturated rings. The molecular formula is C52H92N2O6. The fraction of sp³-hybridized carbons (Fsp3) is 0.962. The summed E-state index contributed by atoms with van der Waals surface area (Å²) in [5, 5.41) is 18.1. The number of nitrogens with zero attached hydrogens (tertiary/aromatic N) is 2. The monoisotopic (exact) mass is 841 g/mol. The van der Waals surface area contributed by atoms with Crippen LogP contribution in [-0.4, -0.2) is 94.6 Å². The van der Waals surface area contributed by atoms with Gasteiger partial charge in [-0.3, -0.25) is 19.4 Å². The number of rotatable bonds is 17. The van der Waals surface area contributed by atoms with Crippen LogP contribution in [0.5, 0.6) is 0 Å². The molecule has 6 aliphatic rings. The molecule has 0 aromatic rings. The minimum absolute atomic E-state index is 0.0933. The van der Waals surface area contributed by atoms with Crippen LogP contribution in [0.3, 0.4) is 0 Å². The van der Waals surface area contributed by atoms with Crippen molar-refractivity contribution < 1.29 is 29.3 Å². The van der Waals surface area contributed by atoms with Crippen LogP contribution >= 0.6 is 0 Å². The molecular weight excluding hydrogens is 749 g/mol. The Hall–Kier alpha value is -1.22. The van der Waals surface area contributed by atoms with Crippen LogP contribution in [0.2, 0.25) is 0 Å². The Kier molecular flexibility index (Phi) is 19.0. The van der Waals surface area contributed by atoms with Gasteiger partial charge in [-0.05, 0) is 200 Å². The highest BCUT2D eigenvalue weighted by atomic mass is 16.5. The predicted molar refractivity (Wildman–Crippen MR) is 242 cm³/mol. The Balaban J connectivity index is 1.05. The molecule has 12 atom stereocenters. The molecule has 60 heavy (non-hydrogen) atoms. The maximum Gasteiger partial charge on any atom is 0.305 e. The Morgan fingerprint density at radius 3 is 1.13 bits per heavy atom. The summed E-state index contributed by atoms with van der Waals surface area (Å²) in [7, 11) is 0. The molecule has 0 aliphatic heterocycles. The third kappa shape index (κ3) is 13.0. The van der Waals surface area contributed by atoms with Gasteiger partial charge >= 0.3 is 11.9 Å². The van der Waals surface area contributed by atoms with Gasteiger partial charge in [0, 0.05) is 49.1 Å². The molecule has 346 valence electrons. The number of aliphatic hydroxyl groups excluding tert-OH is 2. The lowest BCUT2D eigenvalue weighted by atomic mass is 9.65. The third-order valence-electron chi connectivity index (χ3n) is 18.4. The van der Waals surface area contributed by atoms with Gasteiger partial charge in [0.25, 0.3) is 0 Å². The number of hydrogen-bond acceptors (Lipinski definition) is 8.